The van der Waals surface area contributed by atoms with Crippen molar-refractivity contribution in [3.63, 3.8) is 0 Å². The molecule has 1 rings (SSSR count). The molecule has 0 saturated carbocycles. The summed E-state index contributed by atoms with van der Waals surface area (Å²) >= 11 is 0. The van der Waals surface area contributed by atoms with E-state index in [4.69, 9.17) is 14.6 Å². The minimum atomic E-state index is -0.111. The van der Waals surface area contributed by atoms with E-state index in [1.165, 1.54) is 0 Å². The Hall–Kier alpha value is -0.120. The summed E-state index contributed by atoms with van der Waals surface area (Å²) in [6.07, 6.45) is 1.09. The maximum atomic E-state index is 8.78. The van der Waals surface area contributed by atoms with Crippen LogP contribution in [0.5, 0.6) is 0 Å². The third kappa shape index (κ3) is 1.48. The third-order valence-electron chi connectivity index (χ3n) is 1.87. The van der Waals surface area contributed by atoms with Crippen molar-refractivity contribution in [1.29, 1.82) is 0 Å². The van der Waals surface area contributed by atoms with Crippen LogP contribution in [0.2, 0.25) is 0 Å². The highest BCUT2D eigenvalue weighted by atomic mass is 16.6. The fraction of sp³-hybridized carbons (Fsp3) is 1.00. The molecule has 0 amide bonds. The van der Waals surface area contributed by atoms with Gasteiger partial charge in [-0.2, -0.15) is 0 Å². The molecule has 3 heteroatoms. The van der Waals surface area contributed by atoms with E-state index in [0.717, 1.165) is 6.42 Å². The molecule has 0 aromatic carbocycles. The number of aliphatic hydroxyl groups is 1. The Balaban J connectivity index is 2.41. The Bertz CT molecular complexity index is 93.0. The van der Waals surface area contributed by atoms with E-state index in [2.05, 4.69) is 0 Å². The molecular weight excluding hydrogens is 132 g/mol. The molecule has 0 spiro atoms. The SMILES string of the molecule is CO[C@@H]1C[C@@H](C)O[C@H]1CO. The number of rotatable bonds is 2. The van der Waals surface area contributed by atoms with Gasteiger partial charge in [0.2, 0.25) is 0 Å². The van der Waals surface area contributed by atoms with Gasteiger partial charge in [0, 0.05) is 13.5 Å². The van der Waals surface area contributed by atoms with Crippen LogP contribution in [-0.4, -0.2) is 37.1 Å². The van der Waals surface area contributed by atoms with Crippen LogP contribution in [0.1, 0.15) is 13.3 Å². The normalized spacial score (nSPS) is 40.5. The molecule has 0 unspecified atom stereocenters. The number of methoxy groups -OCH3 is 1. The van der Waals surface area contributed by atoms with Crippen molar-refractivity contribution in [3.8, 4) is 0 Å². The van der Waals surface area contributed by atoms with E-state index in [9.17, 15) is 0 Å². The van der Waals surface area contributed by atoms with Crippen molar-refractivity contribution in [2.75, 3.05) is 13.7 Å². The molecule has 0 radical (unpaired) electrons. The molecular formula is C7H14O3. The fourth-order valence-electron chi connectivity index (χ4n) is 1.33. The Morgan fingerprint density at radius 3 is 2.80 bits per heavy atom. The van der Waals surface area contributed by atoms with Gasteiger partial charge in [0.25, 0.3) is 0 Å². The summed E-state index contributed by atoms with van der Waals surface area (Å²) in [5.74, 6) is 0. The monoisotopic (exact) mass is 146 g/mol. The zero-order valence-electron chi connectivity index (χ0n) is 6.41. The average Bonchev–Trinajstić information content (AvgIpc) is 2.30. The molecule has 0 bridgehead atoms. The molecule has 1 aliphatic rings. The number of hydrogen-bond donors (Lipinski definition) is 1. The third-order valence-corrected chi connectivity index (χ3v) is 1.87. The van der Waals surface area contributed by atoms with Crippen LogP contribution >= 0.6 is 0 Å². The van der Waals surface area contributed by atoms with E-state index in [-0.39, 0.29) is 24.9 Å². The lowest BCUT2D eigenvalue weighted by molar-refractivity contribution is -0.0302. The molecule has 10 heavy (non-hydrogen) atoms. The Morgan fingerprint density at radius 1 is 1.70 bits per heavy atom. The predicted molar refractivity (Wildman–Crippen MR) is 36.8 cm³/mol. The second-order valence-corrected chi connectivity index (χ2v) is 2.68. The van der Waals surface area contributed by atoms with E-state index in [0.29, 0.717) is 0 Å². The molecule has 1 saturated heterocycles. The first kappa shape index (κ1) is 7.98. The van der Waals surface area contributed by atoms with Gasteiger partial charge in [-0.25, -0.2) is 0 Å². The van der Waals surface area contributed by atoms with Crippen LogP contribution in [0.25, 0.3) is 0 Å². The Kier molecular flexibility index (Phi) is 2.65. The van der Waals surface area contributed by atoms with E-state index in [1.807, 2.05) is 6.92 Å². The minimum absolute atomic E-state index is 0.0584. The molecule has 1 aliphatic heterocycles. The van der Waals surface area contributed by atoms with Crippen LogP contribution in [-0.2, 0) is 9.47 Å². The zero-order chi connectivity index (χ0) is 7.56. The highest BCUT2D eigenvalue weighted by Crippen LogP contribution is 2.21. The Morgan fingerprint density at radius 2 is 2.40 bits per heavy atom. The van der Waals surface area contributed by atoms with Gasteiger partial charge in [-0.15, -0.1) is 0 Å². The molecule has 60 valence electrons. The van der Waals surface area contributed by atoms with E-state index >= 15 is 0 Å². The van der Waals surface area contributed by atoms with Crippen molar-refractivity contribution in [3.05, 3.63) is 0 Å². The number of hydrogen-bond acceptors (Lipinski definition) is 3. The summed E-state index contributed by atoms with van der Waals surface area (Å²) in [4.78, 5) is 0. The van der Waals surface area contributed by atoms with Gasteiger partial charge in [0.15, 0.2) is 0 Å². The number of aliphatic hydroxyl groups excluding tert-OH is 1. The molecule has 0 aromatic heterocycles. The van der Waals surface area contributed by atoms with Crippen molar-refractivity contribution < 1.29 is 14.6 Å². The van der Waals surface area contributed by atoms with Crippen molar-refractivity contribution >= 4 is 0 Å². The summed E-state index contributed by atoms with van der Waals surface area (Å²) < 4.78 is 10.4. The zero-order valence-corrected chi connectivity index (χ0v) is 6.41. The van der Waals surface area contributed by atoms with Gasteiger partial charge >= 0.3 is 0 Å². The highest BCUT2D eigenvalue weighted by molar-refractivity contribution is 4.80. The summed E-state index contributed by atoms with van der Waals surface area (Å²) in [5, 5.41) is 8.78. The predicted octanol–water partition coefficient (Wildman–Crippen LogP) is 0.171. The van der Waals surface area contributed by atoms with Crippen LogP contribution < -0.4 is 0 Å². The van der Waals surface area contributed by atoms with E-state index < -0.39 is 0 Å². The van der Waals surface area contributed by atoms with Gasteiger partial charge in [-0.3, -0.25) is 0 Å². The first-order valence-electron chi connectivity index (χ1n) is 3.57. The van der Waals surface area contributed by atoms with Gasteiger partial charge in [-0.1, -0.05) is 0 Å². The topological polar surface area (TPSA) is 38.7 Å². The van der Waals surface area contributed by atoms with Crippen LogP contribution in [0.4, 0.5) is 0 Å². The van der Waals surface area contributed by atoms with Crippen molar-refractivity contribution in [2.45, 2.75) is 31.7 Å². The maximum Gasteiger partial charge on any atom is 0.107 e. The van der Waals surface area contributed by atoms with Crippen molar-refractivity contribution in [1.82, 2.24) is 0 Å². The standard InChI is InChI=1S/C7H14O3/c1-5-3-6(9-2)7(4-8)10-5/h5-8H,3-4H2,1-2H3/t5-,6-,7+/m1/s1. The van der Waals surface area contributed by atoms with Crippen LogP contribution in [0, 0.1) is 0 Å². The van der Waals surface area contributed by atoms with Gasteiger partial charge in [0.05, 0.1) is 18.8 Å². The van der Waals surface area contributed by atoms with E-state index in [1.54, 1.807) is 7.11 Å². The van der Waals surface area contributed by atoms with Crippen molar-refractivity contribution in [2.24, 2.45) is 0 Å². The molecule has 1 N–H and O–H groups in total. The summed E-state index contributed by atoms with van der Waals surface area (Å²) in [7, 11) is 1.65. The van der Waals surface area contributed by atoms with Crippen LogP contribution in [0.15, 0.2) is 0 Å². The number of ether oxygens (including phenoxy) is 2. The second-order valence-electron chi connectivity index (χ2n) is 2.68. The summed E-state index contributed by atoms with van der Waals surface area (Å²) in [6, 6.07) is 0. The maximum absolute atomic E-state index is 8.78. The molecule has 1 fully saturated rings. The highest BCUT2D eigenvalue weighted by Gasteiger charge is 2.31. The van der Waals surface area contributed by atoms with Gasteiger partial charge in [0.1, 0.15) is 6.10 Å². The lowest BCUT2D eigenvalue weighted by Gasteiger charge is -2.13. The average molecular weight is 146 g/mol. The molecule has 3 atom stereocenters. The lowest BCUT2D eigenvalue weighted by Crippen LogP contribution is -2.26. The summed E-state index contributed by atoms with van der Waals surface area (Å²) in [6.45, 7) is 2.05. The fourth-order valence-corrected chi connectivity index (χ4v) is 1.33. The lowest BCUT2D eigenvalue weighted by atomic mass is 10.1. The second kappa shape index (κ2) is 3.32. The minimum Gasteiger partial charge on any atom is -0.394 e. The smallest absolute Gasteiger partial charge is 0.107 e. The first-order chi connectivity index (χ1) is 4.77. The molecule has 3 nitrogen and oxygen atoms in total. The van der Waals surface area contributed by atoms with Gasteiger partial charge in [-0.05, 0) is 6.92 Å². The van der Waals surface area contributed by atoms with Gasteiger partial charge < -0.3 is 14.6 Å². The Labute approximate surface area is 60.9 Å². The molecule has 1 heterocycles. The summed E-state index contributed by atoms with van der Waals surface area (Å²) in [5.41, 5.74) is 0. The quantitative estimate of drug-likeness (QED) is 0.603. The first-order valence-corrected chi connectivity index (χ1v) is 3.57. The molecule has 0 aromatic rings. The molecule has 0 aliphatic carbocycles. The van der Waals surface area contributed by atoms with Crippen LogP contribution in [0.3, 0.4) is 0 Å². The largest absolute Gasteiger partial charge is 0.394 e.